The van der Waals surface area contributed by atoms with Crippen molar-refractivity contribution in [3.05, 3.63) is 59.9 Å². The normalized spacial score (nSPS) is 19.2. The summed E-state index contributed by atoms with van der Waals surface area (Å²) in [6.45, 7) is 0.789. The third-order valence-electron chi connectivity index (χ3n) is 4.85. The number of piperidine rings is 1. The number of hydrogen-bond donors (Lipinski definition) is 0. The van der Waals surface area contributed by atoms with Gasteiger partial charge in [-0.05, 0) is 37.1 Å². The van der Waals surface area contributed by atoms with Crippen molar-refractivity contribution in [1.82, 2.24) is 14.8 Å². The van der Waals surface area contributed by atoms with Gasteiger partial charge in [0.1, 0.15) is 18.4 Å². The molecule has 7 heteroatoms. The lowest BCUT2D eigenvalue weighted by Crippen LogP contribution is -2.49. The predicted octanol–water partition coefficient (Wildman–Crippen LogP) is 1.75. The summed E-state index contributed by atoms with van der Waals surface area (Å²) in [4.78, 5) is 44.2. The Morgan fingerprint density at radius 1 is 1.07 bits per heavy atom. The zero-order chi connectivity index (χ0) is 18.8. The van der Waals surface area contributed by atoms with Gasteiger partial charge in [-0.15, -0.1) is 0 Å². The first-order valence-electron chi connectivity index (χ1n) is 8.93. The molecule has 0 saturated carbocycles. The van der Waals surface area contributed by atoms with E-state index < -0.39 is 11.8 Å². The van der Waals surface area contributed by atoms with Gasteiger partial charge in [0.05, 0.1) is 17.7 Å². The topological polar surface area (TPSA) is 79.8 Å². The van der Waals surface area contributed by atoms with Crippen molar-refractivity contribution >= 4 is 17.7 Å². The van der Waals surface area contributed by atoms with Crippen LogP contribution in [0.4, 0.5) is 0 Å². The Morgan fingerprint density at radius 2 is 1.74 bits per heavy atom. The molecule has 1 aromatic carbocycles. The van der Waals surface area contributed by atoms with Gasteiger partial charge in [-0.1, -0.05) is 12.1 Å². The van der Waals surface area contributed by atoms with Crippen molar-refractivity contribution in [1.29, 1.82) is 0 Å². The van der Waals surface area contributed by atoms with E-state index in [4.69, 9.17) is 4.74 Å². The second kappa shape index (κ2) is 7.19. The summed E-state index contributed by atoms with van der Waals surface area (Å²) in [7, 11) is 0. The Balaban J connectivity index is 1.40. The molecule has 2 aromatic rings. The Labute approximate surface area is 156 Å². The number of carbonyl (C=O) groups is 3. The minimum Gasteiger partial charge on any atom is -0.488 e. The van der Waals surface area contributed by atoms with Crippen LogP contribution in [0.25, 0.3) is 0 Å². The second-order valence-corrected chi connectivity index (χ2v) is 6.65. The van der Waals surface area contributed by atoms with Crippen LogP contribution in [-0.2, 0) is 4.79 Å². The van der Waals surface area contributed by atoms with E-state index in [2.05, 4.69) is 4.98 Å². The number of carbonyl (C=O) groups excluding carboxylic acids is 3. The maximum Gasteiger partial charge on any atom is 0.262 e. The number of nitrogens with zero attached hydrogens (tertiary/aromatic N) is 3. The highest BCUT2D eigenvalue weighted by molar-refractivity contribution is 6.22. The molecule has 1 unspecified atom stereocenters. The van der Waals surface area contributed by atoms with Gasteiger partial charge in [-0.3, -0.25) is 24.3 Å². The molecule has 1 fully saturated rings. The zero-order valence-corrected chi connectivity index (χ0v) is 14.7. The number of hydrogen-bond acceptors (Lipinski definition) is 5. The van der Waals surface area contributed by atoms with Gasteiger partial charge in [0, 0.05) is 18.9 Å². The Morgan fingerprint density at radius 3 is 2.41 bits per heavy atom. The van der Waals surface area contributed by atoms with E-state index in [1.807, 2.05) is 0 Å². The zero-order valence-electron chi connectivity index (χ0n) is 14.7. The van der Waals surface area contributed by atoms with E-state index in [9.17, 15) is 14.4 Å². The summed E-state index contributed by atoms with van der Waals surface area (Å²) in [6.07, 6.45) is 4.85. The van der Waals surface area contributed by atoms with Crippen molar-refractivity contribution in [3.63, 3.8) is 0 Å². The first-order valence-corrected chi connectivity index (χ1v) is 8.93. The van der Waals surface area contributed by atoms with Gasteiger partial charge in [-0.25, -0.2) is 0 Å². The standard InChI is InChI=1S/C20H19N3O4/c24-18(13-23-19(25)16-5-1-2-6-17(16)20(23)26)22-11-3-4-15(12-22)27-14-7-9-21-10-8-14/h1-2,5-10,15H,3-4,11-13H2. The van der Waals surface area contributed by atoms with Crippen LogP contribution in [0.2, 0.25) is 0 Å². The molecular formula is C20H19N3O4. The van der Waals surface area contributed by atoms with Crippen LogP contribution >= 0.6 is 0 Å². The number of amides is 3. The largest absolute Gasteiger partial charge is 0.488 e. The number of rotatable bonds is 4. The van der Waals surface area contributed by atoms with E-state index in [0.29, 0.717) is 30.0 Å². The van der Waals surface area contributed by atoms with Crippen LogP contribution in [-0.4, -0.2) is 58.2 Å². The van der Waals surface area contributed by atoms with E-state index in [1.54, 1.807) is 53.7 Å². The van der Waals surface area contributed by atoms with Gasteiger partial charge in [0.25, 0.3) is 11.8 Å². The smallest absolute Gasteiger partial charge is 0.262 e. The molecule has 0 spiro atoms. The third-order valence-corrected chi connectivity index (χ3v) is 4.85. The fourth-order valence-electron chi connectivity index (χ4n) is 3.49. The van der Waals surface area contributed by atoms with Gasteiger partial charge in [0.2, 0.25) is 5.91 Å². The lowest BCUT2D eigenvalue weighted by Gasteiger charge is -2.33. The molecule has 2 aliphatic heterocycles. The summed E-state index contributed by atoms with van der Waals surface area (Å²) in [5.41, 5.74) is 0.709. The number of ether oxygens (including phenoxy) is 1. The van der Waals surface area contributed by atoms with Crippen molar-refractivity contribution in [3.8, 4) is 5.75 Å². The summed E-state index contributed by atoms with van der Waals surface area (Å²) in [5.74, 6) is -0.353. The molecule has 4 rings (SSSR count). The maximum absolute atomic E-state index is 12.7. The average Bonchev–Trinajstić information content (AvgIpc) is 2.94. The molecule has 138 valence electrons. The van der Waals surface area contributed by atoms with E-state index in [1.165, 1.54) is 0 Å². The van der Waals surface area contributed by atoms with Crippen molar-refractivity contribution in [2.45, 2.75) is 18.9 Å². The molecule has 0 bridgehead atoms. The fourth-order valence-corrected chi connectivity index (χ4v) is 3.49. The predicted molar refractivity (Wildman–Crippen MR) is 96.3 cm³/mol. The number of benzene rings is 1. The minimum atomic E-state index is -0.412. The number of likely N-dealkylation sites (tertiary alicyclic amines) is 1. The fraction of sp³-hybridized carbons (Fsp3) is 0.300. The number of imide groups is 1. The first-order chi connectivity index (χ1) is 13.1. The van der Waals surface area contributed by atoms with E-state index in [0.717, 1.165) is 17.7 Å². The quantitative estimate of drug-likeness (QED) is 0.771. The van der Waals surface area contributed by atoms with Crippen LogP contribution in [0, 0.1) is 0 Å². The van der Waals surface area contributed by atoms with Crippen molar-refractivity contribution < 1.29 is 19.1 Å². The molecule has 2 aliphatic rings. The molecule has 27 heavy (non-hydrogen) atoms. The van der Waals surface area contributed by atoms with Crippen LogP contribution in [0.5, 0.6) is 5.75 Å². The Hall–Kier alpha value is -3.22. The van der Waals surface area contributed by atoms with Gasteiger partial charge < -0.3 is 9.64 Å². The van der Waals surface area contributed by atoms with Crippen LogP contribution < -0.4 is 4.74 Å². The lowest BCUT2D eigenvalue weighted by molar-refractivity contribution is -0.134. The first kappa shape index (κ1) is 17.2. The lowest BCUT2D eigenvalue weighted by atomic mass is 10.1. The van der Waals surface area contributed by atoms with Gasteiger partial charge in [0.15, 0.2) is 0 Å². The van der Waals surface area contributed by atoms with Crippen molar-refractivity contribution in [2.75, 3.05) is 19.6 Å². The Kier molecular flexibility index (Phi) is 4.58. The highest BCUT2D eigenvalue weighted by atomic mass is 16.5. The monoisotopic (exact) mass is 365 g/mol. The Bertz CT molecular complexity index is 849. The summed E-state index contributed by atoms with van der Waals surface area (Å²) in [6, 6.07) is 10.2. The van der Waals surface area contributed by atoms with E-state index in [-0.39, 0.29) is 18.6 Å². The average molecular weight is 365 g/mol. The van der Waals surface area contributed by atoms with Crippen molar-refractivity contribution in [2.24, 2.45) is 0 Å². The molecule has 0 radical (unpaired) electrons. The van der Waals surface area contributed by atoms with Gasteiger partial charge >= 0.3 is 0 Å². The van der Waals surface area contributed by atoms with Crippen LogP contribution in [0.1, 0.15) is 33.6 Å². The molecule has 3 amide bonds. The molecule has 7 nitrogen and oxygen atoms in total. The molecule has 0 aliphatic carbocycles. The van der Waals surface area contributed by atoms with E-state index >= 15 is 0 Å². The third kappa shape index (κ3) is 3.40. The summed E-state index contributed by atoms with van der Waals surface area (Å²) >= 11 is 0. The summed E-state index contributed by atoms with van der Waals surface area (Å²) in [5, 5.41) is 0. The van der Waals surface area contributed by atoms with Gasteiger partial charge in [-0.2, -0.15) is 0 Å². The number of pyridine rings is 1. The highest BCUT2D eigenvalue weighted by Crippen LogP contribution is 2.23. The number of aromatic nitrogens is 1. The maximum atomic E-state index is 12.7. The van der Waals surface area contributed by atoms with Crippen LogP contribution in [0.3, 0.4) is 0 Å². The SMILES string of the molecule is O=C(CN1C(=O)c2ccccc2C1=O)N1CCCC(Oc2ccncc2)C1. The minimum absolute atomic E-state index is 0.118. The highest BCUT2D eigenvalue weighted by Gasteiger charge is 2.37. The molecule has 1 atom stereocenters. The molecule has 1 aromatic heterocycles. The summed E-state index contributed by atoms with van der Waals surface area (Å²) < 4.78 is 5.92. The molecular weight excluding hydrogens is 346 g/mol. The molecule has 3 heterocycles. The molecule has 0 N–H and O–H groups in total. The number of fused-ring (bicyclic) bond motifs is 1. The second-order valence-electron chi connectivity index (χ2n) is 6.65. The van der Waals surface area contributed by atoms with Crippen LogP contribution in [0.15, 0.2) is 48.8 Å². The molecule has 1 saturated heterocycles.